The van der Waals surface area contributed by atoms with Gasteiger partial charge >= 0.3 is 18.0 Å². The first-order valence-corrected chi connectivity index (χ1v) is 7.43. The Bertz CT molecular complexity index is 842. The van der Waals surface area contributed by atoms with Crippen molar-refractivity contribution in [1.82, 2.24) is 5.32 Å². The van der Waals surface area contributed by atoms with Crippen LogP contribution in [0.5, 0.6) is 0 Å². The van der Waals surface area contributed by atoms with E-state index in [0.717, 1.165) is 18.2 Å². The molecular weight excluding hydrogens is 375 g/mol. The second kappa shape index (κ2) is 7.70. The topological polar surface area (TPSA) is 78.4 Å². The van der Waals surface area contributed by atoms with Crippen molar-refractivity contribution in [2.24, 2.45) is 0 Å². The first kappa shape index (κ1) is 20.3. The van der Waals surface area contributed by atoms with E-state index >= 15 is 0 Å². The van der Waals surface area contributed by atoms with Crippen LogP contribution in [-0.4, -0.2) is 29.6 Å². The number of alkyl halides is 3. The summed E-state index contributed by atoms with van der Waals surface area (Å²) in [6.07, 6.45) is -5.16. The molecule has 0 bridgehead atoms. The lowest BCUT2D eigenvalue weighted by Gasteiger charge is -2.31. The first-order valence-electron chi connectivity index (χ1n) is 7.43. The summed E-state index contributed by atoms with van der Waals surface area (Å²) in [5, 5.41) is 13.4. The Morgan fingerprint density at radius 1 is 0.963 bits per heavy atom. The molecule has 2 aromatic carbocycles. The Hall–Kier alpha value is -3.01. The third kappa shape index (κ3) is 4.59. The van der Waals surface area contributed by atoms with Crippen LogP contribution in [0.4, 0.5) is 27.6 Å². The van der Waals surface area contributed by atoms with Gasteiger partial charge in [-0.1, -0.05) is 30.3 Å². The summed E-state index contributed by atoms with van der Waals surface area (Å²) in [5.74, 6) is -5.05. The van der Waals surface area contributed by atoms with Crippen molar-refractivity contribution in [3.05, 3.63) is 65.7 Å². The number of aliphatic hydroxyl groups is 1. The number of benzene rings is 2. The molecule has 2 aromatic rings. The number of carbonyl (C=O) groups is 2. The minimum Gasteiger partial charge on any atom is -0.375 e. The maximum absolute atomic E-state index is 13.4. The van der Waals surface area contributed by atoms with Crippen molar-refractivity contribution in [3.8, 4) is 0 Å². The summed E-state index contributed by atoms with van der Waals surface area (Å²) in [7, 11) is 0. The van der Waals surface area contributed by atoms with Gasteiger partial charge < -0.3 is 15.7 Å². The predicted molar refractivity (Wildman–Crippen MR) is 84.4 cm³/mol. The summed E-state index contributed by atoms with van der Waals surface area (Å²) in [5.41, 5.74) is -4.66. The Morgan fingerprint density at radius 2 is 1.59 bits per heavy atom. The molecule has 0 aliphatic rings. The maximum atomic E-state index is 13.4. The second-order valence-corrected chi connectivity index (χ2v) is 5.49. The van der Waals surface area contributed by atoms with Crippen LogP contribution in [0.15, 0.2) is 48.5 Å². The van der Waals surface area contributed by atoms with Crippen LogP contribution in [-0.2, 0) is 15.2 Å². The van der Waals surface area contributed by atoms with E-state index in [1.165, 1.54) is 18.2 Å². The lowest BCUT2D eigenvalue weighted by atomic mass is 9.93. The standard InChI is InChI=1S/C17H13F5N2O3/c18-11-6-7-12(19)13(8-11)24-15(26)14(25)23-9-16(27,17(20,21)22)10-4-2-1-3-5-10/h1-8,27H,9H2,(H,23,25)(H,24,26). The van der Waals surface area contributed by atoms with Crippen molar-refractivity contribution >= 4 is 17.5 Å². The average Bonchev–Trinajstić information content (AvgIpc) is 2.62. The maximum Gasteiger partial charge on any atom is 0.423 e. The number of amides is 2. The Balaban J connectivity index is 2.12. The van der Waals surface area contributed by atoms with Crippen LogP contribution >= 0.6 is 0 Å². The lowest BCUT2D eigenvalue weighted by Crippen LogP contribution is -2.52. The molecule has 27 heavy (non-hydrogen) atoms. The number of halogens is 5. The Morgan fingerprint density at radius 3 is 2.19 bits per heavy atom. The van der Waals surface area contributed by atoms with E-state index in [4.69, 9.17) is 0 Å². The first-order chi connectivity index (χ1) is 12.5. The Labute approximate surface area is 149 Å². The van der Waals surface area contributed by atoms with E-state index in [9.17, 15) is 36.6 Å². The fraction of sp³-hybridized carbons (Fsp3) is 0.176. The van der Waals surface area contributed by atoms with Crippen LogP contribution in [0.3, 0.4) is 0 Å². The highest BCUT2D eigenvalue weighted by Crippen LogP contribution is 2.38. The molecule has 1 unspecified atom stereocenters. The monoisotopic (exact) mass is 388 g/mol. The molecule has 2 amide bonds. The van der Waals surface area contributed by atoms with Gasteiger partial charge in [0.05, 0.1) is 12.2 Å². The van der Waals surface area contributed by atoms with E-state index in [-0.39, 0.29) is 0 Å². The van der Waals surface area contributed by atoms with Gasteiger partial charge in [0, 0.05) is 6.07 Å². The zero-order valence-corrected chi connectivity index (χ0v) is 13.5. The van der Waals surface area contributed by atoms with E-state index < -0.39 is 53.0 Å². The number of nitrogens with one attached hydrogen (secondary N) is 2. The van der Waals surface area contributed by atoms with E-state index in [1.54, 1.807) is 10.6 Å². The highest BCUT2D eigenvalue weighted by atomic mass is 19.4. The van der Waals surface area contributed by atoms with Crippen LogP contribution < -0.4 is 10.6 Å². The number of rotatable bonds is 4. The fourth-order valence-electron chi connectivity index (χ4n) is 2.14. The third-order valence-electron chi connectivity index (χ3n) is 3.61. The average molecular weight is 388 g/mol. The molecule has 0 saturated heterocycles. The summed E-state index contributed by atoms with van der Waals surface area (Å²) in [6.45, 7) is -1.36. The molecule has 0 aliphatic heterocycles. The van der Waals surface area contributed by atoms with E-state index in [2.05, 4.69) is 0 Å². The van der Waals surface area contributed by atoms with Gasteiger partial charge in [-0.2, -0.15) is 13.2 Å². The van der Waals surface area contributed by atoms with Gasteiger partial charge in [-0.25, -0.2) is 8.78 Å². The van der Waals surface area contributed by atoms with Gasteiger partial charge in [0.1, 0.15) is 11.6 Å². The molecule has 0 radical (unpaired) electrons. The number of hydrogen-bond donors (Lipinski definition) is 3. The van der Waals surface area contributed by atoms with Crippen LogP contribution in [0, 0.1) is 11.6 Å². The SMILES string of the molecule is O=C(NCC(O)(c1ccccc1)C(F)(F)F)C(=O)Nc1cc(F)ccc1F. The van der Waals surface area contributed by atoms with Gasteiger partial charge in [0.15, 0.2) is 0 Å². The van der Waals surface area contributed by atoms with Crippen molar-refractivity contribution in [1.29, 1.82) is 0 Å². The van der Waals surface area contributed by atoms with Gasteiger partial charge in [-0.05, 0) is 17.7 Å². The van der Waals surface area contributed by atoms with Gasteiger partial charge in [0.25, 0.3) is 0 Å². The van der Waals surface area contributed by atoms with Crippen molar-refractivity contribution < 1.29 is 36.6 Å². The van der Waals surface area contributed by atoms with Gasteiger partial charge in [-0.15, -0.1) is 0 Å². The number of hydrogen-bond acceptors (Lipinski definition) is 3. The second-order valence-electron chi connectivity index (χ2n) is 5.49. The molecule has 0 heterocycles. The molecule has 144 valence electrons. The van der Waals surface area contributed by atoms with Crippen LogP contribution in [0.25, 0.3) is 0 Å². The van der Waals surface area contributed by atoms with E-state index in [1.807, 2.05) is 0 Å². The fourth-order valence-corrected chi connectivity index (χ4v) is 2.14. The zero-order valence-electron chi connectivity index (χ0n) is 13.5. The minimum absolute atomic E-state index is 0.547. The molecule has 3 N–H and O–H groups in total. The van der Waals surface area contributed by atoms with Crippen LogP contribution in [0.2, 0.25) is 0 Å². The highest BCUT2D eigenvalue weighted by molar-refractivity contribution is 6.39. The molecule has 0 aliphatic carbocycles. The minimum atomic E-state index is -5.16. The van der Waals surface area contributed by atoms with Crippen molar-refractivity contribution in [2.45, 2.75) is 11.8 Å². The Kier molecular flexibility index (Phi) is 5.79. The van der Waals surface area contributed by atoms with Gasteiger partial charge in [-0.3, -0.25) is 9.59 Å². The van der Waals surface area contributed by atoms with Crippen molar-refractivity contribution in [2.75, 3.05) is 11.9 Å². The predicted octanol–water partition coefficient (Wildman–Crippen LogP) is 2.47. The summed E-state index contributed by atoms with van der Waals surface area (Å²) >= 11 is 0. The molecule has 10 heteroatoms. The quantitative estimate of drug-likeness (QED) is 0.556. The summed E-state index contributed by atoms with van der Waals surface area (Å²) in [4.78, 5) is 23.4. The largest absolute Gasteiger partial charge is 0.423 e. The smallest absolute Gasteiger partial charge is 0.375 e. The summed E-state index contributed by atoms with van der Waals surface area (Å²) in [6, 6.07) is 8.01. The molecule has 0 fully saturated rings. The molecule has 1 atom stereocenters. The van der Waals surface area contributed by atoms with E-state index in [0.29, 0.717) is 12.1 Å². The molecule has 0 aromatic heterocycles. The van der Waals surface area contributed by atoms with Gasteiger partial charge in [0.2, 0.25) is 5.60 Å². The normalized spacial score (nSPS) is 13.6. The lowest BCUT2D eigenvalue weighted by molar-refractivity contribution is -0.264. The highest BCUT2D eigenvalue weighted by Gasteiger charge is 2.55. The molecular formula is C17H13F5N2O3. The molecule has 2 rings (SSSR count). The summed E-state index contributed by atoms with van der Waals surface area (Å²) < 4.78 is 66.4. The molecule has 0 saturated carbocycles. The number of carbonyl (C=O) groups excluding carboxylic acids is 2. The molecule has 5 nitrogen and oxygen atoms in total. The van der Waals surface area contributed by atoms with Crippen molar-refractivity contribution in [3.63, 3.8) is 0 Å². The number of anilines is 1. The third-order valence-corrected chi connectivity index (χ3v) is 3.61. The zero-order chi connectivity index (χ0) is 20.2. The molecule has 0 spiro atoms. The van der Waals surface area contributed by atoms with Crippen LogP contribution in [0.1, 0.15) is 5.56 Å².